The van der Waals surface area contributed by atoms with Crippen molar-refractivity contribution < 1.29 is 44.9 Å². The van der Waals surface area contributed by atoms with Crippen LogP contribution in [0, 0.1) is 17.6 Å². The van der Waals surface area contributed by atoms with Gasteiger partial charge in [0.15, 0.2) is 6.29 Å². The van der Waals surface area contributed by atoms with E-state index in [4.69, 9.17) is 9.47 Å². The monoisotopic (exact) mass is 480 g/mol. The summed E-state index contributed by atoms with van der Waals surface area (Å²) in [6.07, 6.45) is -6.94. The van der Waals surface area contributed by atoms with Crippen LogP contribution in [0.2, 0.25) is 0 Å². The van der Waals surface area contributed by atoms with Crippen molar-refractivity contribution in [3.63, 3.8) is 0 Å². The van der Waals surface area contributed by atoms with Crippen LogP contribution in [-0.4, -0.2) is 19.5 Å². The summed E-state index contributed by atoms with van der Waals surface area (Å²) in [5, 5.41) is 0. The minimum atomic E-state index is -4.99. The van der Waals surface area contributed by atoms with Crippen molar-refractivity contribution >= 4 is 0 Å². The first-order chi connectivity index (χ1) is 15.5. The van der Waals surface area contributed by atoms with Crippen molar-refractivity contribution in [2.75, 3.05) is 13.2 Å². The molecular formula is C23H23F7O3. The van der Waals surface area contributed by atoms with Gasteiger partial charge in [-0.05, 0) is 42.7 Å². The van der Waals surface area contributed by atoms with Crippen LogP contribution in [-0.2, 0) is 28.2 Å². The molecule has 0 bridgehead atoms. The van der Waals surface area contributed by atoms with Crippen LogP contribution in [0.3, 0.4) is 0 Å². The third-order valence-electron chi connectivity index (χ3n) is 5.24. The van der Waals surface area contributed by atoms with Crippen molar-refractivity contribution in [1.29, 1.82) is 0 Å². The predicted octanol–water partition coefficient (Wildman–Crippen LogP) is 6.83. The van der Waals surface area contributed by atoms with Gasteiger partial charge in [-0.15, -0.1) is 0 Å². The van der Waals surface area contributed by atoms with Gasteiger partial charge in [0.05, 0.1) is 24.3 Å². The Kier molecular flexibility index (Phi) is 7.89. The number of aryl methyl sites for hydroxylation is 1. The van der Waals surface area contributed by atoms with Gasteiger partial charge in [-0.25, -0.2) is 8.78 Å². The van der Waals surface area contributed by atoms with E-state index in [0.29, 0.717) is 43.6 Å². The van der Waals surface area contributed by atoms with Gasteiger partial charge < -0.3 is 14.2 Å². The fourth-order valence-electron chi connectivity index (χ4n) is 3.55. The summed E-state index contributed by atoms with van der Waals surface area (Å²) in [6.45, 7) is 3.21. The zero-order chi connectivity index (χ0) is 24.2. The highest BCUT2D eigenvalue weighted by Crippen LogP contribution is 2.37. The van der Waals surface area contributed by atoms with Crippen LogP contribution in [0.1, 0.15) is 42.9 Å². The minimum Gasteiger partial charge on any atom is -0.429 e. The molecule has 1 saturated heterocycles. The average Bonchev–Trinajstić information content (AvgIpc) is 2.72. The molecule has 0 aromatic heterocycles. The van der Waals surface area contributed by atoms with Crippen LogP contribution in [0.4, 0.5) is 30.7 Å². The third-order valence-corrected chi connectivity index (χ3v) is 5.24. The van der Waals surface area contributed by atoms with Gasteiger partial charge in [-0.2, -0.15) is 22.0 Å². The summed E-state index contributed by atoms with van der Waals surface area (Å²) in [4.78, 5) is 0. The molecule has 1 heterocycles. The molecule has 0 atom stereocenters. The second-order valence-electron chi connectivity index (χ2n) is 7.86. The van der Waals surface area contributed by atoms with E-state index in [1.54, 1.807) is 0 Å². The van der Waals surface area contributed by atoms with Gasteiger partial charge in [0.2, 0.25) is 0 Å². The average molecular weight is 480 g/mol. The lowest BCUT2D eigenvalue weighted by molar-refractivity contribution is -0.203. The van der Waals surface area contributed by atoms with Gasteiger partial charge in [0, 0.05) is 18.4 Å². The molecule has 0 aliphatic carbocycles. The number of alkyl halides is 5. The van der Waals surface area contributed by atoms with E-state index >= 15 is 0 Å². The first kappa shape index (κ1) is 25.3. The summed E-state index contributed by atoms with van der Waals surface area (Å²) in [6, 6.07) is 4.03. The lowest BCUT2D eigenvalue weighted by Crippen LogP contribution is -2.32. The Hall–Kier alpha value is -2.33. The molecule has 3 rings (SSSR count). The van der Waals surface area contributed by atoms with Gasteiger partial charge in [0.25, 0.3) is 0 Å². The van der Waals surface area contributed by atoms with E-state index < -0.39 is 47.1 Å². The van der Waals surface area contributed by atoms with E-state index in [1.807, 2.05) is 0 Å². The third kappa shape index (κ3) is 6.60. The summed E-state index contributed by atoms with van der Waals surface area (Å²) in [5.74, 6) is -3.58. The Morgan fingerprint density at radius 2 is 1.52 bits per heavy atom. The van der Waals surface area contributed by atoms with Gasteiger partial charge in [0.1, 0.15) is 17.4 Å². The molecule has 0 saturated carbocycles. The lowest BCUT2D eigenvalue weighted by atomic mass is 10.0. The topological polar surface area (TPSA) is 27.7 Å². The van der Waals surface area contributed by atoms with Gasteiger partial charge in [-0.1, -0.05) is 19.4 Å². The van der Waals surface area contributed by atoms with Crippen molar-refractivity contribution in [1.82, 2.24) is 0 Å². The fraction of sp³-hybridized carbons (Fsp3) is 0.478. The predicted molar refractivity (Wildman–Crippen MR) is 105 cm³/mol. The highest BCUT2D eigenvalue weighted by atomic mass is 19.4. The highest BCUT2D eigenvalue weighted by molar-refractivity contribution is 5.32. The maximum absolute atomic E-state index is 14.4. The number of ether oxygens (including phenoxy) is 3. The lowest BCUT2D eigenvalue weighted by Gasteiger charge is -2.29. The summed E-state index contributed by atoms with van der Waals surface area (Å²) in [5.41, 5.74) is -2.32. The summed E-state index contributed by atoms with van der Waals surface area (Å²) >= 11 is 0. The van der Waals surface area contributed by atoms with E-state index in [2.05, 4.69) is 11.7 Å². The van der Waals surface area contributed by atoms with Crippen LogP contribution >= 0.6 is 0 Å². The number of rotatable bonds is 8. The molecule has 2 aromatic rings. The Labute approximate surface area is 186 Å². The molecule has 0 radical (unpaired) electrons. The smallest absolute Gasteiger partial charge is 0.429 e. The van der Waals surface area contributed by atoms with Crippen molar-refractivity contribution in [2.45, 2.75) is 51.2 Å². The minimum absolute atomic E-state index is 0.179. The maximum Gasteiger partial charge on any atom is 0.429 e. The quantitative estimate of drug-likeness (QED) is 0.388. The van der Waals surface area contributed by atoms with Crippen LogP contribution in [0.25, 0.3) is 0 Å². The molecular weight excluding hydrogens is 457 g/mol. The molecule has 182 valence electrons. The maximum atomic E-state index is 14.4. The first-order valence-electron chi connectivity index (χ1n) is 10.4. The zero-order valence-corrected chi connectivity index (χ0v) is 17.7. The molecule has 0 unspecified atom stereocenters. The van der Waals surface area contributed by atoms with E-state index in [9.17, 15) is 30.7 Å². The molecule has 0 amide bonds. The van der Waals surface area contributed by atoms with Crippen molar-refractivity contribution in [3.8, 4) is 5.75 Å². The van der Waals surface area contributed by atoms with Crippen LogP contribution in [0.5, 0.6) is 5.75 Å². The number of hydrogen-bond donors (Lipinski definition) is 0. The Balaban J connectivity index is 1.62. The molecule has 1 aliphatic heterocycles. The Bertz CT molecular complexity index is 938. The molecule has 33 heavy (non-hydrogen) atoms. The number of benzene rings is 2. The molecule has 0 N–H and O–H groups in total. The second kappa shape index (κ2) is 10.3. The standard InChI is InChI=1S/C23H23F7O3/c1-2-3-15-12-31-21(32-13-15)9-5-14-4-7-18(19(24)10-14)23(29,30)33-16-6-8-17(20(25)11-16)22(26,27)28/h4,6-8,10-11,15,21H,2-3,5,9,12-13H2,1H3. The zero-order valence-electron chi connectivity index (χ0n) is 17.7. The molecule has 1 fully saturated rings. The highest BCUT2D eigenvalue weighted by Gasteiger charge is 2.39. The first-order valence-corrected chi connectivity index (χ1v) is 10.4. The van der Waals surface area contributed by atoms with E-state index in [0.717, 1.165) is 25.0 Å². The molecule has 2 aromatic carbocycles. The second-order valence-corrected chi connectivity index (χ2v) is 7.86. The summed E-state index contributed by atoms with van der Waals surface area (Å²) < 4.78 is 110. The van der Waals surface area contributed by atoms with Gasteiger partial charge >= 0.3 is 12.3 Å². The normalized spacial score (nSPS) is 19.5. The summed E-state index contributed by atoms with van der Waals surface area (Å²) in [7, 11) is 0. The fourth-order valence-corrected chi connectivity index (χ4v) is 3.55. The molecule has 10 heteroatoms. The Morgan fingerprint density at radius 3 is 2.09 bits per heavy atom. The molecule has 0 spiro atoms. The van der Waals surface area contributed by atoms with Crippen molar-refractivity contribution in [2.24, 2.45) is 5.92 Å². The van der Waals surface area contributed by atoms with Crippen molar-refractivity contribution in [3.05, 3.63) is 64.7 Å². The number of halogens is 7. The number of hydrogen-bond acceptors (Lipinski definition) is 3. The van der Waals surface area contributed by atoms with Gasteiger partial charge in [-0.3, -0.25) is 0 Å². The molecule has 3 nitrogen and oxygen atoms in total. The molecule has 1 aliphatic rings. The largest absolute Gasteiger partial charge is 0.429 e. The SMILES string of the molecule is CCCC1COC(CCc2ccc(C(F)(F)Oc3ccc(C(F)(F)F)c(F)c3)c(F)c2)OC1. The van der Waals surface area contributed by atoms with E-state index in [-0.39, 0.29) is 12.1 Å². The van der Waals surface area contributed by atoms with E-state index in [1.165, 1.54) is 6.07 Å². The Morgan fingerprint density at radius 1 is 0.879 bits per heavy atom. The van der Waals surface area contributed by atoms with Crippen LogP contribution < -0.4 is 4.74 Å². The van der Waals surface area contributed by atoms with Crippen LogP contribution in [0.15, 0.2) is 36.4 Å².